The van der Waals surface area contributed by atoms with Gasteiger partial charge in [-0.2, -0.15) is 0 Å². The Bertz CT molecular complexity index is 260. The highest BCUT2D eigenvalue weighted by atomic mass is 79.9. The van der Waals surface area contributed by atoms with Gasteiger partial charge < -0.3 is 5.11 Å². The van der Waals surface area contributed by atoms with Crippen LogP contribution in [0.25, 0.3) is 0 Å². The van der Waals surface area contributed by atoms with Gasteiger partial charge in [0.1, 0.15) is 0 Å². The first-order valence-electron chi connectivity index (χ1n) is 4.73. The molecule has 0 radical (unpaired) electrons. The first kappa shape index (κ1) is 12.0. The average Bonchev–Trinajstić information content (AvgIpc) is 2.19. The van der Waals surface area contributed by atoms with Crippen molar-refractivity contribution in [3.63, 3.8) is 0 Å². The summed E-state index contributed by atoms with van der Waals surface area (Å²) in [6.45, 7) is 0. The number of alkyl halides is 1. The van der Waals surface area contributed by atoms with Crippen LogP contribution in [0.1, 0.15) is 30.9 Å². The van der Waals surface area contributed by atoms with Crippen molar-refractivity contribution in [1.82, 2.24) is 0 Å². The summed E-state index contributed by atoms with van der Waals surface area (Å²) in [4.78, 5) is 0. The molecule has 0 amide bonds. The highest BCUT2D eigenvalue weighted by Gasteiger charge is 2.06. The van der Waals surface area contributed by atoms with Crippen molar-refractivity contribution < 1.29 is 5.11 Å². The van der Waals surface area contributed by atoms with E-state index in [0.717, 1.165) is 29.3 Å². The van der Waals surface area contributed by atoms with Gasteiger partial charge in [0.15, 0.2) is 0 Å². The average molecular weight is 278 g/mol. The van der Waals surface area contributed by atoms with Gasteiger partial charge in [-0.3, -0.25) is 0 Å². The van der Waals surface area contributed by atoms with E-state index in [9.17, 15) is 5.11 Å². The number of halogens is 2. The summed E-state index contributed by atoms with van der Waals surface area (Å²) in [5.74, 6) is 0.674. The van der Waals surface area contributed by atoms with E-state index < -0.39 is 0 Å². The Morgan fingerprint density at radius 3 is 2.43 bits per heavy atom. The predicted octanol–water partition coefficient (Wildman–Crippen LogP) is 3.89. The Balaban J connectivity index is 2.43. The normalized spacial score (nSPS) is 12.8. The number of rotatable bonds is 5. The highest BCUT2D eigenvalue weighted by molar-refractivity contribution is 9.10. The number of aliphatic hydroxyl groups excluding tert-OH is 1. The van der Waals surface area contributed by atoms with Crippen molar-refractivity contribution >= 4 is 27.5 Å². The van der Waals surface area contributed by atoms with Crippen LogP contribution in [0.5, 0.6) is 0 Å². The van der Waals surface area contributed by atoms with Crippen molar-refractivity contribution in [2.24, 2.45) is 0 Å². The molecular formula is C11H14BrClO. The lowest BCUT2D eigenvalue weighted by Gasteiger charge is -2.10. The molecule has 0 aliphatic heterocycles. The molecule has 14 heavy (non-hydrogen) atoms. The Labute approximate surface area is 98.2 Å². The van der Waals surface area contributed by atoms with E-state index in [1.165, 1.54) is 0 Å². The second kappa shape index (κ2) is 6.44. The van der Waals surface area contributed by atoms with Crippen molar-refractivity contribution in [3.05, 3.63) is 34.3 Å². The summed E-state index contributed by atoms with van der Waals surface area (Å²) in [6, 6.07) is 7.77. The molecule has 1 aromatic carbocycles. The predicted molar refractivity (Wildman–Crippen MR) is 63.7 cm³/mol. The Morgan fingerprint density at radius 1 is 1.21 bits per heavy atom. The molecule has 1 rings (SSSR count). The maximum Gasteiger partial charge on any atom is 0.0790 e. The van der Waals surface area contributed by atoms with Crippen LogP contribution in [0.2, 0.25) is 0 Å². The number of hydrogen-bond donors (Lipinski definition) is 1. The lowest BCUT2D eigenvalue weighted by molar-refractivity contribution is 0.164. The van der Waals surface area contributed by atoms with Gasteiger partial charge in [0.25, 0.3) is 0 Å². The lowest BCUT2D eigenvalue weighted by atomic mass is 10.0. The summed E-state index contributed by atoms with van der Waals surface area (Å²) >= 11 is 8.92. The largest absolute Gasteiger partial charge is 0.388 e. The number of aliphatic hydroxyl groups is 1. The van der Waals surface area contributed by atoms with E-state index in [4.69, 9.17) is 11.6 Å². The van der Waals surface area contributed by atoms with Crippen LogP contribution in [-0.4, -0.2) is 11.0 Å². The standard InChI is InChI=1S/C11H14BrClO/c12-10-6-4-9(5-7-10)11(14)3-1-2-8-13/h4-7,11,14H,1-3,8H2/t11-/m1/s1. The minimum Gasteiger partial charge on any atom is -0.388 e. The Kier molecular flexibility index (Phi) is 5.53. The molecule has 0 saturated heterocycles. The van der Waals surface area contributed by atoms with Gasteiger partial charge in [0.05, 0.1) is 6.10 Å². The minimum absolute atomic E-state index is 0.355. The maximum absolute atomic E-state index is 9.78. The summed E-state index contributed by atoms with van der Waals surface area (Å²) in [5, 5.41) is 9.78. The maximum atomic E-state index is 9.78. The third-order valence-corrected chi connectivity index (χ3v) is 2.91. The van der Waals surface area contributed by atoms with Crippen LogP contribution in [-0.2, 0) is 0 Å². The molecule has 0 saturated carbocycles. The van der Waals surface area contributed by atoms with Crippen LogP contribution >= 0.6 is 27.5 Å². The van der Waals surface area contributed by atoms with E-state index in [-0.39, 0.29) is 6.10 Å². The molecule has 1 atom stereocenters. The molecule has 0 heterocycles. The molecule has 78 valence electrons. The van der Waals surface area contributed by atoms with Crippen LogP contribution in [0, 0.1) is 0 Å². The van der Waals surface area contributed by atoms with Gasteiger partial charge >= 0.3 is 0 Å². The lowest BCUT2D eigenvalue weighted by Crippen LogP contribution is -1.97. The monoisotopic (exact) mass is 276 g/mol. The molecule has 1 N–H and O–H groups in total. The first-order valence-corrected chi connectivity index (χ1v) is 6.06. The second-order valence-corrected chi connectivity index (χ2v) is 4.55. The van der Waals surface area contributed by atoms with Crippen LogP contribution in [0.15, 0.2) is 28.7 Å². The van der Waals surface area contributed by atoms with Gasteiger partial charge in [-0.25, -0.2) is 0 Å². The Morgan fingerprint density at radius 2 is 1.86 bits per heavy atom. The van der Waals surface area contributed by atoms with Crippen molar-refractivity contribution in [2.45, 2.75) is 25.4 Å². The molecule has 0 spiro atoms. The van der Waals surface area contributed by atoms with Gasteiger partial charge in [0, 0.05) is 10.4 Å². The summed E-state index contributed by atoms with van der Waals surface area (Å²) < 4.78 is 1.04. The molecule has 3 heteroatoms. The first-order chi connectivity index (χ1) is 6.74. The van der Waals surface area contributed by atoms with E-state index in [0.29, 0.717) is 5.88 Å². The SMILES string of the molecule is O[C@H](CCCCCl)c1ccc(Br)cc1. The van der Waals surface area contributed by atoms with E-state index in [1.807, 2.05) is 24.3 Å². The zero-order chi connectivity index (χ0) is 10.4. The van der Waals surface area contributed by atoms with Crippen LogP contribution < -0.4 is 0 Å². The molecule has 1 aromatic rings. The summed E-state index contributed by atoms with van der Waals surface area (Å²) in [6.07, 6.45) is 2.37. The molecule has 1 nitrogen and oxygen atoms in total. The molecule has 0 unspecified atom stereocenters. The number of benzene rings is 1. The fourth-order valence-corrected chi connectivity index (χ4v) is 1.74. The van der Waals surface area contributed by atoms with Crippen molar-refractivity contribution in [1.29, 1.82) is 0 Å². The molecule has 0 bridgehead atoms. The zero-order valence-corrected chi connectivity index (χ0v) is 10.3. The van der Waals surface area contributed by atoms with Gasteiger partial charge in [-0.05, 0) is 37.0 Å². The third-order valence-electron chi connectivity index (χ3n) is 2.12. The summed E-state index contributed by atoms with van der Waals surface area (Å²) in [7, 11) is 0. The van der Waals surface area contributed by atoms with Crippen LogP contribution in [0.3, 0.4) is 0 Å². The molecule has 0 aliphatic carbocycles. The molecule has 0 aliphatic rings. The molecule has 0 aromatic heterocycles. The van der Waals surface area contributed by atoms with Gasteiger partial charge in [-0.15, -0.1) is 11.6 Å². The minimum atomic E-state index is -0.355. The fraction of sp³-hybridized carbons (Fsp3) is 0.455. The Hall–Kier alpha value is -0.0500. The number of unbranched alkanes of at least 4 members (excludes halogenated alkanes) is 1. The topological polar surface area (TPSA) is 20.2 Å². The fourth-order valence-electron chi connectivity index (χ4n) is 1.28. The second-order valence-electron chi connectivity index (χ2n) is 3.25. The quantitative estimate of drug-likeness (QED) is 0.639. The van der Waals surface area contributed by atoms with Crippen molar-refractivity contribution in [2.75, 3.05) is 5.88 Å². The zero-order valence-electron chi connectivity index (χ0n) is 7.92. The third kappa shape index (κ3) is 3.99. The van der Waals surface area contributed by atoms with E-state index >= 15 is 0 Å². The van der Waals surface area contributed by atoms with Gasteiger partial charge in [0.2, 0.25) is 0 Å². The molecule has 0 fully saturated rings. The van der Waals surface area contributed by atoms with Gasteiger partial charge in [-0.1, -0.05) is 28.1 Å². The van der Waals surface area contributed by atoms with Crippen molar-refractivity contribution in [3.8, 4) is 0 Å². The van der Waals surface area contributed by atoms with E-state index in [2.05, 4.69) is 15.9 Å². The summed E-state index contributed by atoms with van der Waals surface area (Å²) in [5.41, 5.74) is 0.975. The molecular weight excluding hydrogens is 263 g/mol. The number of hydrogen-bond acceptors (Lipinski definition) is 1. The van der Waals surface area contributed by atoms with Crippen LogP contribution in [0.4, 0.5) is 0 Å². The van der Waals surface area contributed by atoms with E-state index in [1.54, 1.807) is 0 Å². The smallest absolute Gasteiger partial charge is 0.0790 e. The highest BCUT2D eigenvalue weighted by Crippen LogP contribution is 2.21.